The molecule has 1 N–H and O–H groups in total. The molecule has 0 aromatic heterocycles. The molecular weight excluding hydrogens is 162 g/mol. The van der Waals surface area contributed by atoms with Crippen LogP contribution in [0.4, 0.5) is 0 Å². The molecule has 0 aliphatic heterocycles. The largest absolute Gasteiger partial charge is 0.372 e. The summed E-state index contributed by atoms with van der Waals surface area (Å²) < 4.78 is 0. The van der Waals surface area contributed by atoms with Gasteiger partial charge in [0.15, 0.2) is 0 Å². The summed E-state index contributed by atoms with van der Waals surface area (Å²) in [4.78, 5) is 6.51. The van der Waals surface area contributed by atoms with Crippen LogP contribution in [-0.4, -0.2) is 43.5 Å². The third-order valence-corrected chi connectivity index (χ3v) is 1.74. The zero-order valence-corrected chi connectivity index (χ0v) is 9.59. The lowest BCUT2D eigenvalue weighted by molar-refractivity contribution is 0.363. The van der Waals surface area contributed by atoms with Crippen molar-refractivity contribution in [2.45, 2.75) is 33.2 Å². The second kappa shape index (κ2) is 5.97. The zero-order chi connectivity index (χ0) is 10.3. The van der Waals surface area contributed by atoms with E-state index in [1.807, 2.05) is 6.34 Å². The molecule has 0 aliphatic rings. The molecule has 0 radical (unpaired) electrons. The predicted molar refractivity (Wildman–Crippen MR) is 59.4 cm³/mol. The molecule has 0 atom stereocenters. The molecule has 0 saturated carbocycles. The van der Waals surface area contributed by atoms with Gasteiger partial charge >= 0.3 is 0 Å². The van der Waals surface area contributed by atoms with Crippen molar-refractivity contribution in [2.75, 3.05) is 26.7 Å². The van der Waals surface area contributed by atoms with Crippen molar-refractivity contribution >= 4 is 6.34 Å². The third-order valence-electron chi connectivity index (χ3n) is 1.74. The fourth-order valence-electron chi connectivity index (χ4n) is 0.690. The molecule has 0 rings (SSSR count). The molecule has 0 spiro atoms. The van der Waals surface area contributed by atoms with Gasteiger partial charge in [0.05, 0.1) is 12.9 Å². The van der Waals surface area contributed by atoms with Crippen molar-refractivity contribution in [1.82, 2.24) is 10.2 Å². The first-order valence-corrected chi connectivity index (χ1v) is 4.90. The summed E-state index contributed by atoms with van der Waals surface area (Å²) in [6, 6.07) is 0. The van der Waals surface area contributed by atoms with E-state index in [1.54, 1.807) is 0 Å². The first kappa shape index (κ1) is 12.4. The molecule has 0 fully saturated rings. The number of nitrogens with one attached hydrogen (secondary N) is 1. The van der Waals surface area contributed by atoms with Crippen molar-refractivity contribution in [3.8, 4) is 0 Å². The molecule has 0 amide bonds. The summed E-state index contributed by atoms with van der Waals surface area (Å²) in [5.41, 5.74) is 0.125. The van der Waals surface area contributed by atoms with Gasteiger partial charge in [0.1, 0.15) is 0 Å². The van der Waals surface area contributed by atoms with Crippen LogP contribution >= 0.6 is 0 Å². The maximum atomic E-state index is 4.27. The third kappa shape index (κ3) is 9.34. The average molecular weight is 185 g/mol. The van der Waals surface area contributed by atoms with E-state index in [0.29, 0.717) is 0 Å². The average Bonchev–Trinajstić information content (AvgIpc) is 2.01. The Kier molecular flexibility index (Phi) is 5.71. The topological polar surface area (TPSA) is 27.6 Å². The fourth-order valence-corrected chi connectivity index (χ4v) is 0.690. The summed E-state index contributed by atoms with van der Waals surface area (Å²) in [7, 11) is 2.10. The molecule has 3 heteroatoms. The Balaban J connectivity index is 3.43. The molecule has 0 aliphatic carbocycles. The van der Waals surface area contributed by atoms with Crippen molar-refractivity contribution in [3.63, 3.8) is 0 Å². The maximum absolute atomic E-state index is 4.27. The second-order valence-corrected chi connectivity index (χ2v) is 4.33. The summed E-state index contributed by atoms with van der Waals surface area (Å²) in [6.07, 6.45) is 1.81. The van der Waals surface area contributed by atoms with E-state index in [9.17, 15) is 0 Å². The Morgan fingerprint density at radius 3 is 2.46 bits per heavy atom. The highest BCUT2D eigenvalue weighted by atomic mass is 15.1. The maximum Gasteiger partial charge on any atom is 0.0828 e. The van der Waals surface area contributed by atoms with Gasteiger partial charge in [-0.25, -0.2) is 0 Å². The van der Waals surface area contributed by atoms with Crippen molar-refractivity contribution < 1.29 is 0 Å². The van der Waals surface area contributed by atoms with Crippen LogP contribution in [0.15, 0.2) is 4.99 Å². The van der Waals surface area contributed by atoms with Crippen LogP contribution in [0.3, 0.4) is 0 Å². The van der Waals surface area contributed by atoms with E-state index in [1.165, 1.54) is 0 Å². The van der Waals surface area contributed by atoms with E-state index in [-0.39, 0.29) is 5.54 Å². The summed E-state index contributed by atoms with van der Waals surface area (Å²) in [5.74, 6) is 0. The lowest BCUT2D eigenvalue weighted by Crippen LogP contribution is -2.34. The standard InChI is InChI=1S/C10H23N3/c1-6-13(5)8-7-11-9-12-10(2,3)4/h9H,6-8H2,1-5H3,(H,11,12). The minimum absolute atomic E-state index is 0.125. The molecule has 0 saturated heterocycles. The molecule has 3 nitrogen and oxygen atoms in total. The number of hydrogen-bond donors (Lipinski definition) is 1. The monoisotopic (exact) mass is 185 g/mol. The predicted octanol–water partition coefficient (Wildman–Crippen LogP) is 1.35. The van der Waals surface area contributed by atoms with Crippen molar-refractivity contribution in [3.05, 3.63) is 0 Å². The molecule has 0 aromatic carbocycles. The Labute approximate surface area is 82.2 Å². The van der Waals surface area contributed by atoms with E-state index in [4.69, 9.17) is 0 Å². The van der Waals surface area contributed by atoms with Gasteiger partial charge in [-0.15, -0.1) is 0 Å². The highest BCUT2D eigenvalue weighted by molar-refractivity contribution is 5.55. The summed E-state index contributed by atoms with van der Waals surface area (Å²) in [6.45, 7) is 11.5. The zero-order valence-electron chi connectivity index (χ0n) is 9.59. The first-order chi connectivity index (χ1) is 5.95. The van der Waals surface area contributed by atoms with E-state index in [0.717, 1.165) is 19.6 Å². The van der Waals surface area contributed by atoms with Crippen LogP contribution in [-0.2, 0) is 0 Å². The van der Waals surface area contributed by atoms with Crippen LogP contribution in [0.5, 0.6) is 0 Å². The molecule has 0 aromatic rings. The molecule has 13 heavy (non-hydrogen) atoms. The fraction of sp³-hybridized carbons (Fsp3) is 0.900. The number of nitrogens with zero attached hydrogens (tertiary/aromatic N) is 2. The number of hydrogen-bond acceptors (Lipinski definition) is 2. The second-order valence-electron chi connectivity index (χ2n) is 4.33. The van der Waals surface area contributed by atoms with E-state index in [2.05, 4.69) is 50.0 Å². The number of rotatable bonds is 5. The number of aliphatic imine (C=N–C) groups is 1. The van der Waals surface area contributed by atoms with Gasteiger partial charge in [-0.1, -0.05) is 6.92 Å². The Morgan fingerprint density at radius 1 is 1.38 bits per heavy atom. The normalized spacial score (nSPS) is 12.8. The van der Waals surface area contributed by atoms with Crippen LogP contribution < -0.4 is 5.32 Å². The summed E-state index contributed by atoms with van der Waals surface area (Å²) in [5, 5.41) is 3.20. The van der Waals surface area contributed by atoms with Crippen LogP contribution in [0.1, 0.15) is 27.7 Å². The Morgan fingerprint density at radius 2 is 2.00 bits per heavy atom. The smallest absolute Gasteiger partial charge is 0.0828 e. The summed E-state index contributed by atoms with van der Waals surface area (Å²) >= 11 is 0. The van der Waals surface area contributed by atoms with Gasteiger partial charge in [0.2, 0.25) is 0 Å². The molecule has 0 unspecified atom stereocenters. The van der Waals surface area contributed by atoms with Gasteiger partial charge < -0.3 is 10.2 Å². The van der Waals surface area contributed by atoms with Crippen LogP contribution in [0.25, 0.3) is 0 Å². The van der Waals surface area contributed by atoms with Crippen LogP contribution in [0, 0.1) is 0 Å². The van der Waals surface area contributed by atoms with Gasteiger partial charge in [0, 0.05) is 12.1 Å². The van der Waals surface area contributed by atoms with Crippen molar-refractivity contribution in [1.29, 1.82) is 0 Å². The lowest BCUT2D eigenvalue weighted by Gasteiger charge is -2.18. The van der Waals surface area contributed by atoms with Gasteiger partial charge in [-0.2, -0.15) is 0 Å². The van der Waals surface area contributed by atoms with E-state index < -0.39 is 0 Å². The highest BCUT2D eigenvalue weighted by Crippen LogP contribution is 1.95. The molecule has 0 heterocycles. The van der Waals surface area contributed by atoms with Gasteiger partial charge in [-0.3, -0.25) is 4.99 Å². The van der Waals surface area contributed by atoms with Gasteiger partial charge in [0.25, 0.3) is 0 Å². The van der Waals surface area contributed by atoms with Gasteiger partial charge in [-0.05, 0) is 34.4 Å². The first-order valence-electron chi connectivity index (χ1n) is 4.90. The molecule has 0 bridgehead atoms. The van der Waals surface area contributed by atoms with E-state index >= 15 is 0 Å². The number of likely N-dealkylation sites (N-methyl/N-ethyl adjacent to an activating group) is 1. The lowest BCUT2D eigenvalue weighted by atomic mass is 10.1. The quantitative estimate of drug-likeness (QED) is 0.517. The van der Waals surface area contributed by atoms with Crippen LogP contribution in [0.2, 0.25) is 0 Å². The SMILES string of the molecule is CCN(C)CCN=CNC(C)(C)C. The molecule has 78 valence electrons. The Hall–Kier alpha value is -0.570. The highest BCUT2D eigenvalue weighted by Gasteiger charge is 2.04. The Bertz CT molecular complexity index is 147. The minimum Gasteiger partial charge on any atom is -0.372 e. The minimum atomic E-state index is 0.125. The molecular formula is C10H23N3. The van der Waals surface area contributed by atoms with Crippen molar-refractivity contribution in [2.24, 2.45) is 4.99 Å².